The third kappa shape index (κ3) is 1.56. The van der Waals surface area contributed by atoms with Crippen LogP contribution in [0.5, 0.6) is 0 Å². The summed E-state index contributed by atoms with van der Waals surface area (Å²) >= 11 is 0. The Labute approximate surface area is 89.5 Å². The van der Waals surface area contributed by atoms with Crippen LogP contribution < -0.4 is 0 Å². The fraction of sp³-hybridized carbons (Fsp3) is 0.308. The van der Waals surface area contributed by atoms with E-state index in [0.717, 1.165) is 18.4 Å². The van der Waals surface area contributed by atoms with Gasteiger partial charge in [-0.25, -0.2) is 0 Å². The second-order valence-corrected chi connectivity index (χ2v) is 3.75. The lowest BCUT2D eigenvalue weighted by atomic mass is 10.1. The molecule has 2 rings (SSSR count). The summed E-state index contributed by atoms with van der Waals surface area (Å²) in [6, 6.07) is 8.32. The van der Waals surface area contributed by atoms with E-state index in [9.17, 15) is 4.79 Å². The second kappa shape index (κ2) is 3.89. The van der Waals surface area contributed by atoms with E-state index < -0.39 is 0 Å². The van der Waals surface area contributed by atoms with Gasteiger partial charge in [-0.15, -0.1) is 0 Å². The molecule has 78 valence electrons. The van der Waals surface area contributed by atoms with E-state index in [-0.39, 0.29) is 0 Å². The van der Waals surface area contributed by atoms with Crippen molar-refractivity contribution in [1.82, 2.24) is 4.57 Å². The summed E-state index contributed by atoms with van der Waals surface area (Å²) in [4.78, 5) is 10.6. The summed E-state index contributed by atoms with van der Waals surface area (Å²) in [5, 5.41) is 1.21. The van der Waals surface area contributed by atoms with Crippen molar-refractivity contribution in [2.75, 3.05) is 0 Å². The second-order valence-electron chi connectivity index (χ2n) is 3.75. The quantitative estimate of drug-likeness (QED) is 0.700. The van der Waals surface area contributed by atoms with Crippen LogP contribution in [0, 0.1) is 6.92 Å². The molecule has 0 radical (unpaired) electrons. The van der Waals surface area contributed by atoms with Gasteiger partial charge in [0.2, 0.25) is 0 Å². The number of aryl methyl sites for hydroxylation is 2. The number of carbonyl (C=O) groups excluding carboxylic acids is 1. The van der Waals surface area contributed by atoms with E-state index in [1.165, 1.54) is 16.6 Å². The van der Waals surface area contributed by atoms with Gasteiger partial charge in [0.1, 0.15) is 6.29 Å². The van der Waals surface area contributed by atoms with Crippen molar-refractivity contribution < 1.29 is 4.79 Å². The first-order chi connectivity index (χ1) is 7.27. The number of hydrogen-bond donors (Lipinski definition) is 0. The summed E-state index contributed by atoms with van der Waals surface area (Å²) in [6.07, 6.45) is 1.47. The molecule has 0 aliphatic carbocycles. The Morgan fingerprint density at radius 3 is 2.87 bits per heavy atom. The molecular weight excluding hydrogens is 186 g/mol. The zero-order valence-corrected chi connectivity index (χ0v) is 9.16. The molecule has 1 aromatic heterocycles. The van der Waals surface area contributed by atoms with Crippen LogP contribution in [-0.4, -0.2) is 10.9 Å². The maximum absolute atomic E-state index is 10.6. The third-order valence-corrected chi connectivity index (χ3v) is 2.86. The molecule has 15 heavy (non-hydrogen) atoms. The van der Waals surface area contributed by atoms with Gasteiger partial charge in [0.25, 0.3) is 0 Å². The molecule has 0 saturated carbocycles. The van der Waals surface area contributed by atoms with E-state index in [1.807, 2.05) is 12.1 Å². The van der Waals surface area contributed by atoms with Gasteiger partial charge in [0.05, 0.1) is 0 Å². The van der Waals surface area contributed by atoms with Crippen molar-refractivity contribution in [3.8, 4) is 0 Å². The highest BCUT2D eigenvalue weighted by Crippen LogP contribution is 2.23. The van der Waals surface area contributed by atoms with Gasteiger partial charge in [0.15, 0.2) is 0 Å². The van der Waals surface area contributed by atoms with Gasteiger partial charge in [-0.1, -0.05) is 12.1 Å². The third-order valence-electron chi connectivity index (χ3n) is 2.86. The van der Waals surface area contributed by atoms with Crippen LogP contribution in [0.4, 0.5) is 0 Å². The van der Waals surface area contributed by atoms with Crippen LogP contribution in [0.3, 0.4) is 0 Å². The average Bonchev–Trinajstić information content (AvgIpc) is 2.55. The number of rotatable bonds is 3. The van der Waals surface area contributed by atoms with Gasteiger partial charge in [-0.2, -0.15) is 0 Å². The fourth-order valence-corrected chi connectivity index (χ4v) is 2.17. The Balaban J connectivity index is 2.71. The number of benzene rings is 1. The maximum Gasteiger partial charge on any atom is 0.124 e. The lowest BCUT2D eigenvalue weighted by Gasteiger charge is -2.04. The highest BCUT2D eigenvalue weighted by Gasteiger charge is 2.06. The Morgan fingerprint density at radius 1 is 1.40 bits per heavy atom. The standard InChI is InChI=1S/C13H15NO/c1-3-14-10(2)9-12-11(7-8-15)5-4-6-13(12)14/h4-6,8-9H,3,7H2,1-2H3. The molecule has 0 N–H and O–H groups in total. The molecule has 0 atom stereocenters. The molecule has 1 heterocycles. The van der Waals surface area contributed by atoms with Crippen LogP contribution in [0.25, 0.3) is 10.9 Å². The number of aromatic nitrogens is 1. The molecule has 0 fully saturated rings. The fourth-order valence-electron chi connectivity index (χ4n) is 2.17. The Kier molecular flexibility index (Phi) is 2.58. The minimum absolute atomic E-state index is 0.504. The zero-order chi connectivity index (χ0) is 10.8. The summed E-state index contributed by atoms with van der Waals surface area (Å²) in [7, 11) is 0. The molecule has 0 saturated heterocycles. The Hall–Kier alpha value is -1.57. The highest BCUT2D eigenvalue weighted by molar-refractivity contribution is 5.86. The minimum Gasteiger partial charge on any atom is -0.345 e. The molecule has 2 nitrogen and oxygen atoms in total. The van der Waals surface area contributed by atoms with E-state index in [2.05, 4.69) is 30.5 Å². The molecule has 0 unspecified atom stereocenters. The van der Waals surface area contributed by atoms with Crippen molar-refractivity contribution in [3.63, 3.8) is 0 Å². The Morgan fingerprint density at radius 2 is 2.20 bits per heavy atom. The summed E-state index contributed by atoms with van der Waals surface area (Å²) < 4.78 is 2.27. The maximum atomic E-state index is 10.6. The summed E-state index contributed by atoms with van der Waals surface area (Å²) in [5.74, 6) is 0. The first kappa shape index (κ1) is 9.97. The molecule has 0 spiro atoms. The Bertz CT molecular complexity index is 496. The molecule has 2 aromatic rings. The number of fused-ring (bicyclic) bond motifs is 1. The molecule has 0 bridgehead atoms. The molecule has 1 aromatic carbocycles. The number of hydrogen-bond acceptors (Lipinski definition) is 1. The lowest BCUT2D eigenvalue weighted by molar-refractivity contribution is -0.107. The number of aldehydes is 1. The highest BCUT2D eigenvalue weighted by atomic mass is 16.1. The van der Waals surface area contributed by atoms with Crippen LogP contribution in [-0.2, 0) is 17.8 Å². The predicted octanol–water partition coefficient (Wildman–Crippen LogP) is 2.71. The van der Waals surface area contributed by atoms with E-state index in [0.29, 0.717) is 6.42 Å². The van der Waals surface area contributed by atoms with Gasteiger partial charge >= 0.3 is 0 Å². The lowest BCUT2D eigenvalue weighted by Crippen LogP contribution is -1.95. The van der Waals surface area contributed by atoms with Crippen molar-refractivity contribution in [3.05, 3.63) is 35.5 Å². The van der Waals surface area contributed by atoms with Crippen LogP contribution in [0.1, 0.15) is 18.2 Å². The van der Waals surface area contributed by atoms with Crippen LogP contribution >= 0.6 is 0 Å². The van der Waals surface area contributed by atoms with Crippen molar-refractivity contribution in [1.29, 1.82) is 0 Å². The van der Waals surface area contributed by atoms with E-state index in [4.69, 9.17) is 0 Å². The van der Waals surface area contributed by atoms with Crippen molar-refractivity contribution >= 4 is 17.2 Å². The van der Waals surface area contributed by atoms with E-state index in [1.54, 1.807) is 0 Å². The normalized spacial score (nSPS) is 10.8. The van der Waals surface area contributed by atoms with Crippen LogP contribution in [0.2, 0.25) is 0 Å². The largest absolute Gasteiger partial charge is 0.345 e. The molecule has 0 aliphatic rings. The monoisotopic (exact) mass is 201 g/mol. The molecule has 0 amide bonds. The molecular formula is C13H15NO. The smallest absolute Gasteiger partial charge is 0.124 e. The first-order valence-corrected chi connectivity index (χ1v) is 5.29. The first-order valence-electron chi connectivity index (χ1n) is 5.29. The van der Waals surface area contributed by atoms with Crippen LogP contribution in [0.15, 0.2) is 24.3 Å². The summed E-state index contributed by atoms with van der Waals surface area (Å²) in [6.45, 7) is 5.22. The summed E-state index contributed by atoms with van der Waals surface area (Å²) in [5.41, 5.74) is 3.61. The number of carbonyl (C=O) groups is 1. The minimum atomic E-state index is 0.504. The number of nitrogens with zero attached hydrogens (tertiary/aromatic N) is 1. The average molecular weight is 201 g/mol. The van der Waals surface area contributed by atoms with E-state index >= 15 is 0 Å². The zero-order valence-electron chi connectivity index (χ0n) is 9.16. The molecule has 0 aliphatic heterocycles. The van der Waals surface area contributed by atoms with Gasteiger partial charge in [-0.05, 0) is 31.5 Å². The SMILES string of the molecule is CCn1c(C)cc2c(CC=O)cccc21. The van der Waals surface area contributed by atoms with Gasteiger partial charge in [0, 0.05) is 29.6 Å². The predicted molar refractivity (Wildman–Crippen MR) is 62.1 cm³/mol. The van der Waals surface area contributed by atoms with Crippen molar-refractivity contribution in [2.45, 2.75) is 26.8 Å². The topological polar surface area (TPSA) is 22.0 Å². The van der Waals surface area contributed by atoms with Gasteiger partial charge < -0.3 is 9.36 Å². The van der Waals surface area contributed by atoms with Crippen molar-refractivity contribution in [2.24, 2.45) is 0 Å². The van der Waals surface area contributed by atoms with Gasteiger partial charge in [-0.3, -0.25) is 0 Å². The molecule has 2 heteroatoms.